The van der Waals surface area contributed by atoms with Crippen LogP contribution in [0, 0.1) is 0 Å². The van der Waals surface area contributed by atoms with Gasteiger partial charge in [0.1, 0.15) is 5.52 Å². The van der Waals surface area contributed by atoms with Crippen molar-refractivity contribution in [2.75, 3.05) is 31.6 Å². The number of ether oxygens (including phenoxy) is 1. The molecule has 0 radical (unpaired) electrons. The number of nitrogens with zero attached hydrogens (tertiary/aromatic N) is 3. The molecule has 4 aromatic rings. The van der Waals surface area contributed by atoms with Gasteiger partial charge in [0.15, 0.2) is 10.7 Å². The van der Waals surface area contributed by atoms with Crippen molar-refractivity contribution in [1.82, 2.24) is 14.9 Å². The van der Waals surface area contributed by atoms with Crippen molar-refractivity contribution in [2.24, 2.45) is 0 Å². The molecular weight excluding hydrogens is 469 g/mol. The number of hydrogen-bond acceptors (Lipinski definition) is 7. The van der Waals surface area contributed by atoms with Crippen molar-refractivity contribution < 1.29 is 27.1 Å². The molecule has 5 rings (SSSR count). The van der Waals surface area contributed by atoms with Gasteiger partial charge in [-0.2, -0.15) is 13.2 Å². The second-order valence-electron chi connectivity index (χ2n) is 7.70. The number of fused-ring (bicyclic) bond motifs is 1. The van der Waals surface area contributed by atoms with Crippen molar-refractivity contribution in [1.29, 1.82) is 0 Å². The third-order valence-electron chi connectivity index (χ3n) is 5.38. The predicted molar refractivity (Wildman–Crippen MR) is 121 cm³/mol. The van der Waals surface area contributed by atoms with Gasteiger partial charge in [-0.05, 0) is 24.3 Å². The van der Waals surface area contributed by atoms with Crippen LogP contribution >= 0.6 is 11.3 Å². The van der Waals surface area contributed by atoms with E-state index >= 15 is 0 Å². The number of carbonyl (C=O) groups is 1. The van der Waals surface area contributed by atoms with E-state index in [0.717, 1.165) is 24.8 Å². The summed E-state index contributed by atoms with van der Waals surface area (Å²) in [5.41, 5.74) is 0.342. The molecule has 1 saturated heterocycles. The lowest BCUT2D eigenvalue weighted by atomic mass is 10.1. The molecule has 1 N–H and O–H groups in total. The van der Waals surface area contributed by atoms with E-state index in [2.05, 4.69) is 20.2 Å². The highest BCUT2D eigenvalue weighted by molar-refractivity contribution is 7.14. The van der Waals surface area contributed by atoms with Crippen molar-refractivity contribution in [3.05, 3.63) is 64.7 Å². The zero-order chi connectivity index (χ0) is 23.7. The molecule has 1 amide bonds. The highest BCUT2D eigenvalue weighted by atomic mass is 32.1. The summed E-state index contributed by atoms with van der Waals surface area (Å²) < 4.78 is 51.3. The van der Waals surface area contributed by atoms with Gasteiger partial charge in [-0.3, -0.25) is 15.0 Å². The Kier molecular flexibility index (Phi) is 6.07. The summed E-state index contributed by atoms with van der Waals surface area (Å²) >= 11 is 1.30. The number of thiazole rings is 1. The highest BCUT2D eigenvalue weighted by Crippen LogP contribution is 2.38. The van der Waals surface area contributed by atoms with E-state index < -0.39 is 17.6 Å². The van der Waals surface area contributed by atoms with Gasteiger partial charge < -0.3 is 9.15 Å². The van der Waals surface area contributed by atoms with Crippen LogP contribution < -0.4 is 5.32 Å². The first-order chi connectivity index (χ1) is 16.4. The topological polar surface area (TPSA) is 80.5 Å². The Bertz CT molecular complexity index is 1330. The Morgan fingerprint density at radius 2 is 1.88 bits per heavy atom. The Morgan fingerprint density at radius 1 is 1.09 bits per heavy atom. The minimum Gasteiger partial charge on any atom is -0.435 e. The molecule has 2 aromatic heterocycles. The van der Waals surface area contributed by atoms with Gasteiger partial charge in [0.05, 0.1) is 30.0 Å². The minimum absolute atomic E-state index is 0.108. The summed E-state index contributed by atoms with van der Waals surface area (Å²) in [6.07, 6.45) is -4.57. The molecule has 0 saturated carbocycles. The molecular formula is C23H19F3N4O3S. The lowest BCUT2D eigenvalue weighted by Crippen LogP contribution is -2.35. The zero-order valence-corrected chi connectivity index (χ0v) is 18.6. The number of anilines is 1. The maximum atomic E-state index is 13.4. The molecule has 0 spiro atoms. The molecule has 0 unspecified atom stereocenters. The van der Waals surface area contributed by atoms with Crippen LogP contribution in [0.4, 0.5) is 18.3 Å². The minimum atomic E-state index is -4.57. The number of para-hydroxylation sites is 1. The number of carbonyl (C=O) groups excluding carboxylic acids is 1. The Balaban J connectivity index is 1.39. The Labute approximate surface area is 196 Å². The number of halogens is 3. The number of rotatable bonds is 5. The summed E-state index contributed by atoms with van der Waals surface area (Å²) in [6, 6.07) is 9.75. The van der Waals surface area contributed by atoms with E-state index in [-0.39, 0.29) is 28.1 Å². The van der Waals surface area contributed by atoms with Crippen molar-refractivity contribution in [3.8, 4) is 11.5 Å². The van der Waals surface area contributed by atoms with Gasteiger partial charge in [0.2, 0.25) is 5.89 Å². The standard InChI is InChI=1S/C23H19F3N4O3S/c24-23(25,26)17-6-2-1-4-15(17)21-28-18-7-3-5-16(19(18)33-21)20(31)29-22-27-14(13-34-22)12-30-8-10-32-11-9-30/h1-7,13H,8-12H2,(H,27,29,31). The number of alkyl halides is 3. The second kappa shape index (κ2) is 9.16. The van der Waals surface area contributed by atoms with Gasteiger partial charge in [0.25, 0.3) is 5.91 Å². The molecule has 11 heteroatoms. The van der Waals surface area contributed by atoms with E-state index in [9.17, 15) is 18.0 Å². The third-order valence-corrected chi connectivity index (χ3v) is 6.19. The summed E-state index contributed by atoms with van der Waals surface area (Å²) in [6.45, 7) is 3.68. The fourth-order valence-corrected chi connectivity index (χ4v) is 4.45. The van der Waals surface area contributed by atoms with Crippen LogP contribution in [0.5, 0.6) is 0 Å². The fraction of sp³-hybridized carbons (Fsp3) is 0.261. The lowest BCUT2D eigenvalue weighted by Gasteiger charge is -2.25. The first-order valence-corrected chi connectivity index (χ1v) is 11.4. The molecule has 176 valence electrons. The van der Waals surface area contributed by atoms with Gasteiger partial charge >= 0.3 is 6.18 Å². The number of aromatic nitrogens is 2. The molecule has 0 atom stereocenters. The summed E-state index contributed by atoms with van der Waals surface area (Å²) in [5.74, 6) is -0.685. The number of oxazole rings is 1. The Morgan fingerprint density at radius 3 is 2.68 bits per heavy atom. The smallest absolute Gasteiger partial charge is 0.417 e. The van der Waals surface area contributed by atoms with Gasteiger partial charge in [-0.15, -0.1) is 11.3 Å². The van der Waals surface area contributed by atoms with Gasteiger partial charge in [-0.1, -0.05) is 18.2 Å². The van der Waals surface area contributed by atoms with Crippen LogP contribution in [0.15, 0.2) is 52.3 Å². The van der Waals surface area contributed by atoms with Crippen LogP contribution in [0.3, 0.4) is 0 Å². The van der Waals surface area contributed by atoms with Crippen molar-refractivity contribution in [3.63, 3.8) is 0 Å². The predicted octanol–water partition coefficient (Wildman–Crippen LogP) is 5.05. The summed E-state index contributed by atoms with van der Waals surface area (Å²) in [4.78, 5) is 23.9. The first-order valence-electron chi connectivity index (χ1n) is 10.5. The normalized spacial score (nSPS) is 15.0. The average Bonchev–Trinajstić information content (AvgIpc) is 3.45. The number of amides is 1. The molecule has 0 aliphatic carbocycles. The number of hydrogen-bond donors (Lipinski definition) is 1. The number of benzene rings is 2. The molecule has 1 aliphatic heterocycles. The van der Waals surface area contributed by atoms with Crippen LogP contribution in [-0.2, 0) is 17.5 Å². The molecule has 0 bridgehead atoms. The second-order valence-corrected chi connectivity index (χ2v) is 8.56. The van der Waals surface area contributed by atoms with Crippen LogP contribution in [0.25, 0.3) is 22.6 Å². The van der Waals surface area contributed by atoms with Crippen LogP contribution in [0.1, 0.15) is 21.6 Å². The average molecular weight is 488 g/mol. The largest absolute Gasteiger partial charge is 0.435 e. The monoisotopic (exact) mass is 488 g/mol. The lowest BCUT2D eigenvalue weighted by molar-refractivity contribution is -0.137. The summed E-state index contributed by atoms with van der Waals surface area (Å²) in [7, 11) is 0. The number of morpholine rings is 1. The SMILES string of the molecule is O=C(Nc1nc(CN2CCOCC2)cs1)c1cccc2nc(-c3ccccc3C(F)(F)F)oc12. The third kappa shape index (κ3) is 4.67. The zero-order valence-electron chi connectivity index (χ0n) is 17.8. The maximum absolute atomic E-state index is 13.4. The van der Waals surface area contributed by atoms with E-state index in [4.69, 9.17) is 9.15 Å². The quantitative estimate of drug-likeness (QED) is 0.423. The molecule has 7 nitrogen and oxygen atoms in total. The van der Waals surface area contributed by atoms with E-state index in [1.165, 1.54) is 35.6 Å². The van der Waals surface area contributed by atoms with Crippen molar-refractivity contribution >= 4 is 33.5 Å². The van der Waals surface area contributed by atoms with Gasteiger partial charge in [-0.25, -0.2) is 9.97 Å². The maximum Gasteiger partial charge on any atom is 0.417 e. The summed E-state index contributed by atoms with van der Waals surface area (Å²) in [5, 5.41) is 5.05. The fourth-order valence-electron chi connectivity index (χ4n) is 3.75. The highest BCUT2D eigenvalue weighted by Gasteiger charge is 2.34. The van der Waals surface area contributed by atoms with E-state index in [1.54, 1.807) is 12.1 Å². The Hall–Kier alpha value is -3.28. The molecule has 2 aromatic carbocycles. The molecule has 3 heterocycles. The van der Waals surface area contributed by atoms with Crippen molar-refractivity contribution in [2.45, 2.75) is 12.7 Å². The van der Waals surface area contributed by atoms with E-state index in [0.29, 0.717) is 24.9 Å². The molecule has 1 aliphatic rings. The molecule has 1 fully saturated rings. The molecule has 34 heavy (non-hydrogen) atoms. The van der Waals surface area contributed by atoms with Crippen LogP contribution in [-0.4, -0.2) is 47.1 Å². The number of nitrogens with one attached hydrogen (secondary N) is 1. The van der Waals surface area contributed by atoms with Gasteiger partial charge in [0, 0.05) is 30.6 Å². The van der Waals surface area contributed by atoms with Crippen LogP contribution in [0.2, 0.25) is 0 Å². The van der Waals surface area contributed by atoms with E-state index in [1.807, 2.05) is 5.38 Å². The first kappa shape index (κ1) is 22.5.